The van der Waals surface area contributed by atoms with Crippen LogP contribution in [0.4, 0.5) is 0 Å². The molecular weight excluding hydrogens is 713 g/mol. The summed E-state index contributed by atoms with van der Waals surface area (Å²) in [5.74, 6) is 0. The van der Waals surface area contributed by atoms with Crippen molar-refractivity contribution in [3.05, 3.63) is 182 Å². The Bertz CT molecular complexity index is 3760. The summed E-state index contributed by atoms with van der Waals surface area (Å²) in [5, 5.41) is 15.6. The highest BCUT2D eigenvalue weighted by atomic mass is 32.1. The lowest BCUT2D eigenvalue weighted by Crippen LogP contribution is -1.91. The average Bonchev–Trinajstić information content (AvgIpc) is 3.98. The van der Waals surface area contributed by atoms with Gasteiger partial charge in [0.05, 0.1) is 6.26 Å². The quantitative estimate of drug-likeness (QED) is 0.169. The Labute approximate surface area is 330 Å². The van der Waals surface area contributed by atoms with Crippen molar-refractivity contribution in [2.45, 2.75) is 0 Å². The van der Waals surface area contributed by atoms with Crippen molar-refractivity contribution >= 4 is 108 Å². The molecule has 3 heterocycles. The second-order valence-electron chi connectivity index (χ2n) is 15.1. The maximum Gasteiger partial charge on any atom is 0.143 e. The molecule has 0 radical (unpaired) electrons. The summed E-state index contributed by atoms with van der Waals surface area (Å²) in [6.45, 7) is 0. The monoisotopic (exact) mass is 742 g/mol. The predicted molar refractivity (Wildman–Crippen MR) is 243 cm³/mol. The molecule has 0 fully saturated rings. The fourth-order valence-electron chi connectivity index (χ4n) is 9.58. The van der Waals surface area contributed by atoms with Crippen LogP contribution in [-0.4, -0.2) is 0 Å². The van der Waals surface area contributed by atoms with E-state index in [4.69, 9.17) is 8.83 Å². The van der Waals surface area contributed by atoms with Gasteiger partial charge in [0.15, 0.2) is 0 Å². The Kier molecular flexibility index (Phi) is 6.35. The van der Waals surface area contributed by atoms with Gasteiger partial charge in [-0.1, -0.05) is 140 Å². The number of furan rings is 2. The first kappa shape index (κ1) is 31.1. The average molecular weight is 743 g/mol. The smallest absolute Gasteiger partial charge is 0.143 e. The summed E-state index contributed by atoms with van der Waals surface area (Å²) < 4.78 is 15.6. The van der Waals surface area contributed by atoms with Crippen molar-refractivity contribution in [2.75, 3.05) is 0 Å². The Morgan fingerprint density at radius 2 is 0.982 bits per heavy atom. The molecule has 13 rings (SSSR count). The number of benzene rings is 10. The standard InChI is InChI=1S/C54H30O2S/c1-2-12-32-27-35(24-23-31(32)11-1)45-30-55-53-40(45)25-26-48-52(53)43-21-9-20-42(54(43)57-48)50-38-17-7-5-15-36(38)49(37-16-6-8-18-39(37)50)41-19-10-22-46-51(41)44-28-33-13-3-4-14-34(33)29-47(44)56-46/h1-30H. The maximum atomic E-state index is 6.58. The zero-order valence-corrected chi connectivity index (χ0v) is 31.4. The van der Waals surface area contributed by atoms with Crippen LogP contribution >= 0.6 is 11.3 Å². The molecule has 0 spiro atoms. The van der Waals surface area contributed by atoms with E-state index in [2.05, 4.69) is 176 Å². The molecule has 0 amide bonds. The van der Waals surface area contributed by atoms with Gasteiger partial charge in [-0.05, 0) is 102 Å². The third kappa shape index (κ3) is 4.40. The normalized spacial score (nSPS) is 12.2. The van der Waals surface area contributed by atoms with E-state index in [0.29, 0.717) is 0 Å². The summed E-state index contributed by atoms with van der Waals surface area (Å²) in [5.41, 5.74) is 9.94. The van der Waals surface area contributed by atoms with Gasteiger partial charge < -0.3 is 8.83 Å². The van der Waals surface area contributed by atoms with Crippen LogP contribution in [0.25, 0.3) is 130 Å². The molecule has 0 unspecified atom stereocenters. The zero-order valence-electron chi connectivity index (χ0n) is 30.5. The minimum Gasteiger partial charge on any atom is -0.463 e. The Morgan fingerprint density at radius 1 is 0.368 bits per heavy atom. The minimum absolute atomic E-state index is 0.901. The summed E-state index contributed by atoms with van der Waals surface area (Å²) in [4.78, 5) is 0. The van der Waals surface area contributed by atoms with Gasteiger partial charge in [0, 0.05) is 47.5 Å². The van der Waals surface area contributed by atoms with Gasteiger partial charge in [0.2, 0.25) is 0 Å². The Hall–Kier alpha value is -7.20. The number of hydrogen-bond donors (Lipinski definition) is 0. The zero-order chi connectivity index (χ0) is 37.2. The first-order valence-corrected chi connectivity index (χ1v) is 20.2. The second-order valence-corrected chi connectivity index (χ2v) is 16.2. The van der Waals surface area contributed by atoms with Crippen LogP contribution in [0.5, 0.6) is 0 Å². The maximum absolute atomic E-state index is 6.58. The highest BCUT2D eigenvalue weighted by molar-refractivity contribution is 7.26. The molecule has 0 N–H and O–H groups in total. The largest absolute Gasteiger partial charge is 0.463 e. The third-order valence-electron chi connectivity index (χ3n) is 12.1. The Balaban J connectivity index is 1.07. The number of rotatable bonds is 3. The highest BCUT2D eigenvalue weighted by Crippen LogP contribution is 2.51. The van der Waals surface area contributed by atoms with Gasteiger partial charge in [-0.2, -0.15) is 0 Å². The van der Waals surface area contributed by atoms with E-state index in [0.717, 1.165) is 44.0 Å². The van der Waals surface area contributed by atoms with Gasteiger partial charge >= 0.3 is 0 Å². The Morgan fingerprint density at radius 3 is 1.74 bits per heavy atom. The minimum atomic E-state index is 0.901. The summed E-state index contributed by atoms with van der Waals surface area (Å²) >= 11 is 1.86. The van der Waals surface area contributed by atoms with E-state index in [-0.39, 0.29) is 0 Å². The highest BCUT2D eigenvalue weighted by Gasteiger charge is 2.23. The van der Waals surface area contributed by atoms with Crippen molar-refractivity contribution in [2.24, 2.45) is 0 Å². The van der Waals surface area contributed by atoms with Crippen molar-refractivity contribution in [3.63, 3.8) is 0 Å². The molecule has 264 valence electrons. The second kappa shape index (κ2) is 11.7. The van der Waals surface area contributed by atoms with E-state index < -0.39 is 0 Å². The topological polar surface area (TPSA) is 26.3 Å². The molecule has 57 heavy (non-hydrogen) atoms. The number of thiophene rings is 1. The molecule has 3 aromatic heterocycles. The first-order valence-electron chi connectivity index (χ1n) is 19.4. The first-order chi connectivity index (χ1) is 28.3. The van der Waals surface area contributed by atoms with Crippen LogP contribution in [0.3, 0.4) is 0 Å². The van der Waals surface area contributed by atoms with Crippen LogP contribution in [0.2, 0.25) is 0 Å². The van der Waals surface area contributed by atoms with Crippen molar-refractivity contribution in [3.8, 4) is 33.4 Å². The third-order valence-corrected chi connectivity index (χ3v) is 13.3. The van der Waals surface area contributed by atoms with Gasteiger partial charge in [0.1, 0.15) is 16.7 Å². The van der Waals surface area contributed by atoms with Gasteiger partial charge in [0.25, 0.3) is 0 Å². The SMILES string of the molecule is c1ccc2cc(-c3coc4c3ccc3sc5c(-c6c7ccccc7c(-c7cccc8oc9cc%10ccccc%10cc9c78)c7ccccc67)cccc5c34)ccc2c1. The molecule has 0 bridgehead atoms. The molecule has 0 atom stereocenters. The van der Waals surface area contributed by atoms with Gasteiger partial charge in [-0.15, -0.1) is 11.3 Å². The predicted octanol–water partition coefficient (Wildman–Crippen LogP) is 16.3. The molecule has 10 aromatic carbocycles. The van der Waals surface area contributed by atoms with E-state index in [1.165, 1.54) is 85.5 Å². The molecule has 0 aliphatic heterocycles. The fourth-order valence-corrected chi connectivity index (χ4v) is 10.8. The van der Waals surface area contributed by atoms with Crippen molar-refractivity contribution in [1.82, 2.24) is 0 Å². The lowest BCUT2D eigenvalue weighted by atomic mass is 9.84. The van der Waals surface area contributed by atoms with Gasteiger partial charge in [-0.25, -0.2) is 0 Å². The van der Waals surface area contributed by atoms with Crippen LogP contribution in [0.15, 0.2) is 191 Å². The van der Waals surface area contributed by atoms with Crippen LogP contribution in [0.1, 0.15) is 0 Å². The van der Waals surface area contributed by atoms with Crippen molar-refractivity contribution < 1.29 is 8.83 Å². The molecule has 0 aliphatic carbocycles. The molecule has 0 saturated carbocycles. The molecular formula is C54H30O2S. The van der Waals surface area contributed by atoms with Gasteiger partial charge in [-0.3, -0.25) is 0 Å². The summed E-state index contributed by atoms with van der Waals surface area (Å²) in [6, 6.07) is 63.9. The molecule has 0 aliphatic rings. The van der Waals surface area contributed by atoms with E-state index >= 15 is 0 Å². The van der Waals surface area contributed by atoms with Crippen molar-refractivity contribution in [1.29, 1.82) is 0 Å². The number of fused-ring (bicyclic) bond motifs is 12. The molecule has 13 aromatic rings. The molecule has 2 nitrogen and oxygen atoms in total. The van der Waals surface area contributed by atoms with E-state index in [9.17, 15) is 0 Å². The van der Waals surface area contributed by atoms with E-state index in [1.807, 2.05) is 17.6 Å². The summed E-state index contributed by atoms with van der Waals surface area (Å²) in [6.07, 6.45) is 1.94. The molecule has 3 heteroatoms. The van der Waals surface area contributed by atoms with Crippen LogP contribution < -0.4 is 0 Å². The van der Waals surface area contributed by atoms with Crippen LogP contribution in [0, 0.1) is 0 Å². The lowest BCUT2D eigenvalue weighted by molar-refractivity contribution is 0.620. The summed E-state index contributed by atoms with van der Waals surface area (Å²) in [7, 11) is 0. The number of hydrogen-bond acceptors (Lipinski definition) is 3. The lowest BCUT2D eigenvalue weighted by Gasteiger charge is -2.18. The van der Waals surface area contributed by atoms with E-state index in [1.54, 1.807) is 0 Å². The fraction of sp³-hybridized carbons (Fsp3) is 0. The molecule has 0 saturated heterocycles. The van der Waals surface area contributed by atoms with Crippen LogP contribution in [-0.2, 0) is 0 Å².